The van der Waals surface area contributed by atoms with E-state index in [1.807, 2.05) is 31.6 Å². The Morgan fingerprint density at radius 1 is 1.33 bits per heavy atom. The van der Waals surface area contributed by atoms with Crippen LogP contribution in [0.1, 0.15) is 36.6 Å². The molecule has 6 heteroatoms. The summed E-state index contributed by atoms with van der Waals surface area (Å²) in [7, 11) is 1.93. The first-order valence-electron chi connectivity index (χ1n) is 9.55. The van der Waals surface area contributed by atoms with Crippen molar-refractivity contribution >= 4 is 5.97 Å². The van der Waals surface area contributed by atoms with E-state index < -0.39 is 5.41 Å². The van der Waals surface area contributed by atoms with Crippen molar-refractivity contribution in [3.05, 3.63) is 53.1 Å². The second kappa shape index (κ2) is 8.21. The molecule has 0 atom stereocenters. The largest absolute Gasteiger partial charge is 0.466 e. The summed E-state index contributed by atoms with van der Waals surface area (Å²) >= 11 is 0. The van der Waals surface area contributed by atoms with Crippen LogP contribution < -0.4 is 0 Å². The lowest BCUT2D eigenvalue weighted by Gasteiger charge is -2.40. The van der Waals surface area contributed by atoms with Gasteiger partial charge in [-0.3, -0.25) is 14.4 Å². The monoisotopic (exact) mass is 373 g/mol. The summed E-state index contributed by atoms with van der Waals surface area (Å²) in [4.78, 5) is 15.1. The van der Waals surface area contributed by atoms with E-state index in [1.54, 1.807) is 6.07 Å². The van der Waals surface area contributed by atoms with Crippen LogP contribution in [0, 0.1) is 18.2 Å². The molecule has 146 valence electrons. The maximum Gasteiger partial charge on any atom is 0.312 e. The van der Waals surface area contributed by atoms with E-state index in [2.05, 4.69) is 16.2 Å². The van der Waals surface area contributed by atoms with E-state index in [0.29, 0.717) is 25.9 Å². The highest BCUT2D eigenvalue weighted by atomic mass is 19.1. The van der Waals surface area contributed by atoms with Crippen LogP contribution in [0.5, 0.6) is 0 Å². The number of rotatable bonds is 6. The van der Waals surface area contributed by atoms with E-state index in [-0.39, 0.29) is 11.8 Å². The van der Waals surface area contributed by atoms with Gasteiger partial charge in [0, 0.05) is 25.4 Å². The number of aryl methyl sites for hydroxylation is 2. The Hall–Kier alpha value is -2.21. The Bertz CT molecular complexity index is 794. The van der Waals surface area contributed by atoms with Crippen LogP contribution in [0.15, 0.2) is 30.5 Å². The molecular weight excluding hydrogens is 345 g/mol. The summed E-state index contributed by atoms with van der Waals surface area (Å²) in [5, 5.41) is 4.40. The maximum absolute atomic E-state index is 13.6. The lowest BCUT2D eigenvalue weighted by molar-refractivity contribution is -0.158. The van der Waals surface area contributed by atoms with Gasteiger partial charge in [-0.15, -0.1) is 0 Å². The fourth-order valence-corrected chi connectivity index (χ4v) is 3.96. The Balaban J connectivity index is 1.72. The average molecular weight is 373 g/mol. The van der Waals surface area contributed by atoms with Gasteiger partial charge in [0.15, 0.2) is 0 Å². The Labute approximate surface area is 160 Å². The van der Waals surface area contributed by atoms with E-state index in [0.717, 1.165) is 30.9 Å². The summed E-state index contributed by atoms with van der Waals surface area (Å²) in [6, 6.07) is 6.53. The zero-order chi connectivity index (χ0) is 19.4. The van der Waals surface area contributed by atoms with Gasteiger partial charge in [-0.1, -0.05) is 12.1 Å². The zero-order valence-corrected chi connectivity index (χ0v) is 16.4. The summed E-state index contributed by atoms with van der Waals surface area (Å²) in [6.07, 6.45) is 3.99. The zero-order valence-electron chi connectivity index (χ0n) is 16.4. The smallest absolute Gasteiger partial charge is 0.312 e. The molecule has 2 aromatic rings. The van der Waals surface area contributed by atoms with Gasteiger partial charge >= 0.3 is 5.97 Å². The van der Waals surface area contributed by atoms with E-state index in [9.17, 15) is 9.18 Å². The van der Waals surface area contributed by atoms with E-state index in [1.165, 1.54) is 17.7 Å². The first-order valence-corrected chi connectivity index (χ1v) is 9.55. The highest BCUT2D eigenvalue weighted by Crippen LogP contribution is 2.37. The maximum atomic E-state index is 13.6. The van der Waals surface area contributed by atoms with Crippen molar-refractivity contribution in [2.24, 2.45) is 12.5 Å². The van der Waals surface area contributed by atoms with Crippen LogP contribution in [0.3, 0.4) is 0 Å². The second-order valence-corrected chi connectivity index (χ2v) is 7.50. The number of carbonyl (C=O) groups excluding carboxylic acids is 1. The number of esters is 1. The molecule has 1 aromatic heterocycles. The molecule has 1 aliphatic rings. The van der Waals surface area contributed by atoms with E-state index in [4.69, 9.17) is 4.74 Å². The first-order chi connectivity index (χ1) is 12.9. The highest BCUT2D eigenvalue weighted by Gasteiger charge is 2.42. The lowest BCUT2D eigenvalue weighted by Crippen LogP contribution is -2.46. The molecule has 27 heavy (non-hydrogen) atoms. The van der Waals surface area contributed by atoms with Gasteiger partial charge in [0.1, 0.15) is 5.82 Å². The lowest BCUT2D eigenvalue weighted by atomic mass is 9.73. The SMILES string of the molecule is CCOC(=O)C1(Cc2cccc(F)c2)CCN(Cc2cn(C)nc2C)CC1. The summed E-state index contributed by atoms with van der Waals surface area (Å²) < 4.78 is 20.8. The molecule has 0 saturated carbocycles. The number of hydrogen-bond donors (Lipinski definition) is 0. The fourth-order valence-electron chi connectivity index (χ4n) is 3.96. The molecule has 0 unspecified atom stereocenters. The summed E-state index contributed by atoms with van der Waals surface area (Å²) in [5.74, 6) is -0.428. The fraction of sp³-hybridized carbons (Fsp3) is 0.524. The van der Waals surface area contributed by atoms with Crippen molar-refractivity contribution in [1.82, 2.24) is 14.7 Å². The number of carbonyl (C=O) groups is 1. The normalized spacial score (nSPS) is 17.0. The van der Waals surface area contributed by atoms with Crippen LogP contribution in [-0.2, 0) is 29.5 Å². The molecule has 0 aliphatic carbocycles. The number of likely N-dealkylation sites (tertiary alicyclic amines) is 1. The Morgan fingerprint density at radius 2 is 2.07 bits per heavy atom. The van der Waals surface area contributed by atoms with Gasteiger partial charge in [-0.25, -0.2) is 4.39 Å². The van der Waals surface area contributed by atoms with Crippen LogP contribution >= 0.6 is 0 Å². The number of hydrogen-bond acceptors (Lipinski definition) is 4. The molecule has 0 amide bonds. The number of piperidine rings is 1. The van der Waals surface area contributed by atoms with Gasteiger partial charge in [0.25, 0.3) is 0 Å². The Kier molecular flexibility index (Phi) is 5.95. The number of halogens is 1. The van der Waals surface area contributed by atoms with Crippen LogP contribution in [-0.4, -0.2) is 40.3 Å². The third-order valence-electron chi connectivity index (χ3n) is 5.46. The minimum atomic E-state index is -0.579. The van der Waals surface area contributed by atoms with Crippen molar-refractivity contribution in [3.63, 3.8) is 0 Å². The number of benzene rings is 1. The predicted octanol–water partition coefficient (Wildman–Crippen LogP) is 3.26. The van der Waals surface area contributed by atoms with Crippen molar-refractivity contribution < 1.29 is 13.9 Å². The summed E-state index contributed by atoms with van der Waals surface area (Å²) in [6.45, 7) is 6.66. The quantitative estimate of drug-likeness (QED) is 0.730. The number of aromatic nitrogens is 2. The van der Waals surface area contributed by atoms with Crippen molar-refractivity contribution in [1.29, 1.82) is 0 Å². The molecule has 0 N–H and O–H groups in total. The standard InChI is InChI=1S/C21H28FN3O2/c1-4-27-20(26)21(13-17-6-5-7-19(22)12-17)8-10-25(11-9-21)15-18-14-24(3)23-16(18)2/h5-7,12,14H,4,8-11,13,15H2,1-3H3. The minimum Gasteiger partial charge on any atom is -0.466 e. The van der Waals surface area contributed by atoms with Gasteiger partial charge in [0.2, 0.25) is 0 Å². The first kappa shape index (κ1) is 19.5. The van der Waals surface area contributed by atoms with Crippen molar-refractivity contribution in [2.45, 2.75) is 39.7 Å². The second-order valence-electron chi connectivity index (χ2n) is 7.50. The van der Waals surface area contributed by atoms with Crippen LogP contribution in [0.2, 0.25) is 0 Å². The van der Waals surface area contributed by atoms with Crippen molar-refractivity contribution in [3.8, 4) is 0 Å². The van der Waals surface area contributed by atoms with Crippen LogP contribution in [0.4, 0.5) is 4.39 Å². The molecule has 1 aromatic carbocycles. The molecule has 0 radical (unpaired) electrons. The van der Waals surface area contributed by atoms with Gasteiger partial charge in [-0.2, -0.15) is 5.10 Å². The van der Waals surface area contributed by atoms with Crippen molar-refractivity contribution in [2.75, 3.05) is 19.7 Å². The van der Waals surface area contributed by atoms with E-state index >= 15 is 0 Å². The predicted molar refractivity (Wildman–Crippen MR) is 102 cm³/mol. The summed E-state index contributed by atoms with van der Waals surface area (Å²) in [5.41, 5.74) is 2.52. The molecular formula is C21H28FN3O2. The molecule has 2 heterocycles. The minimum absolute atomic E-state index is 0.161. The highest BCUT2D eigenvalue weighted by molar-refractivity contribution is 5.77. The molecule has 0 bridgehead atoms. The molecule has 1 saturated heterocycles. The molecule has 1 fully saturated rings. The van der Waals surface area contributed by atoms with Crippen LogP contribution in [0.25, 0.3) is 0 Å². The third-order valence-corrected chi connectivity index (χ3v) is 5.46. The topological polar surface area (TPSA) is 47.4 Å². The number of ether oxygens (including phenoxy) is 1. The van der Waals surface area contributed by atoms with Gasteiger partial charge in [0.05, 0.1) is 17.7 Å². The number of nitrogens with zero attached hydrogens (tertiary/aromatic N) is 3. The Morgan fingerprint density at radius 3 is 2.67 bits per heavy atom. The van der Waals surface area contributed by atoms with Gasteiger partial charge < -0.3 is 4.74 Å². The third kappa shape index (κ3) is 4.56. The molecule has 0 spiro atoms. The average Bonchev–Trinajstić information content (AvgIpc) is 2.94. The molecule has 5 nitrogen and oxygen atoms in total. The van der Waals surface area contributed by atoms with Gasteiger partial charge in [-0.05, 0) is 63.9 Å². The molecule has 1 aliphatic heterocycles. The molecule has 3 rings (SSSR count).